The zero-order valence-corrected chi connectivity index (χ0v) is 20.0. The van der Waals surface area contributed by atoms with Crippen molar-refractivity contribution in [2.45, 2.75) is 68.4 Å². The molecule has 4 unspecified atom stereocenters. The number of nitrogens with zero attached hydrogens (tertiary/aromatic N) is 4. The second kappa shape index (κ2) is 9.93. The molecular weight excluding hydrogens is 516 g/mol. The van der Waals surface area contributed by atoms with E-state index in [1.165, 1.54) is 0 Å². The molecule has 0 amide bonds. The standard InChI is InChI=1S/C25H25F6N5O2/c26-24(27,28)17-10-15(11-18(12-17)25(29,30)31)14-38-21-7-6-20-19(22-33-34-35-36(22)8-9-37)13-23(21,32-20)16-4-2-1-3-5-16/h1-5,10-12,19-21,32,37H,6-9,13-14H2. The third-order valence-electron chi connectivity index (χ3n) is 7.35. The zero-order valence-electron chi connectivity index (χ0n) is 20.0. The van der Waals surface area contributed by atoms with E-state index in [0.717, 1.165) is 5.56 Å². The lowest BCUT2D eigenvalue weighted by Gasteiger charge is -2.42. The number of aliphatic hydroxyl groups excluding tert-OH is 1. The molecule has 5 rings (SSSR count). The highest BCUT2D eigenvalue weighted by molar-refractivity contribution is 5.35. The number of aromatic nitrogens is 4. The highest BCUT2D eigenvalue weighted by atomic mass is 19.4. The Morgan fingerprint density at radius 2 is 1.68 bits per heavy atom. The Bertz CT molecular complexity index is 1230. The van der Waals surface area contributed by atoms with Crippen LogP contribution in [0.3, 0.4) is 0 Å². The van der Waals surface area contributed by atoms with Gasteiger partial charge in [-0.2, -0.15) is 26.3 Å². The number of halogens is 6. The summed E-state index contributed by atoms with van der Waals surface area (Å²) in [5, 5.41) is 24.9. The fourth-order valence-corrected chi connectivity index (χ4v) is 5.70. The molecule has 2 aromatic carbocycles. The molecule has 13 heteroatoms. The van der Waals surface area contributed by atoms with Crippen LogP contribution in [0.15, 0.2) is 48.5 Å². The van der Waals surface area contributed by atoms with E-state index in [4.69, 9.17) is 4.74 Å². The number of aliphatic hydroxyl groups is 1. The summed E-state index contributed by atoms with van der Waals surface area (Å²) in [6, 6.07) is 10.9. The highest BCUT2D eigenvalue weighted by Gasteiger charge is 2.55. The number of alkyl halides is 6. The topological polar surface area (TPSA) is 85.1 Å². The van der Waals surface area contributed by atoms with E-state index in [2.05, 4.69) is 20.8 Å². The van der Waals surface area contributed by atoms with Gasteiger partial charge in [-0.3, -0.25) is 0 Å². The van der Waals surface area contributed by atoms with Crippen LogP contribution in [0.1, 0.15) is 53.3 Å². The highest BCUT2D eigenvalue weighted by Crippen LogP contribution is 2.50. The Morgan fingerprint density at radius 3 is 2.32 bits per heavy atom. The van der Waals surface area contributed by atoms with E-state index in [1.807, 2.05) is 30.3 Å². The van der Waals surface area contributed by atoms with Crippen molar-refractivity contribution in [2.24, 2.45) is 0 Å². The van der Waals surface area contributed by atoms with E-state index in [1.54, 1.807) is 4.68 Å². The Morgan fingerprint density at radius 1 is 1.00 bits per heavy atom. The number of hydrogen-bond donors (Lipinski definition) is 2. The molecule has 2 aliphatic heterocycles. The van der Waals surface area contributed by atoms with Crippen LogP contribution in [0, 0.1) is 0 Å². The summed E-state index contributed by atoms with van der Waals surface area (Å²) in [4.78, 5) is 0. The predicted octanol–water partition coefficient (Wildman–Crippen LogP) is 4.42. The molecule has 2 N–H and O–H groups in total. The van der Waals surface area contributed by atoms with Gasteiger partial charge in [0.15, 0.2) is 5.82 Å². The van der Waals surface area contributed by atoms with Crippen molar-refractivity contribution in [3.63, 3.8) is 0 Å². The van der Waals surface area contributed by atoms with Gasteiger partial charge in [-0.15, -0.1) is 5.10 Å². The number of hydrogen-bond acceptors (Lipinski definition) is 6. The van der Waals surface area contributed by atoms with Crippen molar-refractivity contribution in [3.8, 4) is 0 Å². The molecule has 0 radical (unpaired) electrons. The number of fused-ring (bicyclic) bond motifs is 2. The van der Waals surface area contributed by atoms with Gasteiger partial charge in [-0.1, -0.05) is 30.3 Å². The van der Waals surface area contributed by atoms with E-state index < -0.39 is 41.7 Å². The average Bonchev–Trinajstić information content (AvgIpc) is 3.46. The molecule has 0 spiro atoms. The van der Waals surface area contributed by atoms with Crippen molar-refractivity contribution in [3.05, 3.63) is 76.6 Å². The van der Waals surface area contributed by atoms with Crippen LogP contribution in [0.2, 0.25) is 0 Å². The van der Waals surface area contributed by atoms with Gasteiger partial charge in [0.1, 0.15) is 0 Å². The Kier molecular flexibility index (Phi) is 6.95. The summed E-state index contributed by atoms with van der Waals surface area (Å²) in [5.41, 5.74) is -2.83. The van der Waals surface area contributed by atoms with Crippen LogP contribution < -0.4 is 5.32 Å². The SMILES string of the molecule is OCCn1nnnc1C1CC2(c3ccccc3)NC1CCC2OCc1cc(C(F)(F)F)cc(C(F)(F)F)c1. The van der Waals surface area contributed by atoms with E-state index in [-0.39, 0.29) is 36.7 Å². The number of piperidine rings is 1. The number of nitrogens with one attached hydrogen (secondary N) is 1. The average molecular weight is 541 g/mol. The summed E-state index contributed by atoms with van der Waals surface area (Å²) >= 11 is 0. The Labute approximate surface area is 213 Å². The molecule has 2 aliphatic rings. The molecule has 2 saturated heterocycles. The van der Waals surface area contributed by atoms with E-state index >= 15 is 0 Å². The minimum atomic E-state index is -4.93. The molecule has 2 bridgehead atoms. The third-order valence-corrected chi connectivity index (χ3v) is 7.35. The molecule has 1 aromatic heterocycles. The first kappa shape index (κ1) is 26.6. The van der Waals surface area contributed by atoms with Gasteiger partial charge >= 0.3 is 12.4 Å². The lowest BCUT2D eigenvalue weighted by atomic mass is 9.80. The summed E-state index contributed by atoms with van der Waals surface area (Å²) in [6.45, 7) is -0.345. The van der Waals surface area contributed by atoms with Crippen LogP contribution in [0.5, 0.6) is 0 Å². The maximum Gasteiger partial charge on any atom is 0.416 e. The molecule has 4 atom stereocenters. The van der Waals surface area contributed by atoms with Gasteiger partial charge in [0.25, 0.3) is 0 Å². The molecular formula is C25H25F6N5O2. The molecule has 38 heavy (non-hydrogen) atoms. The predicted molar refractivity (Wildman–Crippen MR) is 122 cm³/mol. The van der Waals surface area contributed by atoms with Crippen LogP contribution in [0.4, 0.5) is 26.3 Å². The van der Waals surface area contributed by atoms with E-state index in [9.17, 15) is 31.4 Å². The largest absolute Gasteiger partial charge is 0.416 e. The van der Waals surface area contributed by atoms with Gasteiger partial charge in [0, 0.05) is 12.0 Å². The Hall–Kier alpha value is -3.03. The van der Waals surface area contributed by atoms with Crippen LogP contribution in [0.25, 0.3) is 0 Å². The normalized spacial score (nSPS) is 25.6. The van der Waals surface area contributed by atoms with Crippen molar-refractivity contribution < 1.29 is 36.2 Å². The molecule has 7 nitrogen and oxygen atoms in total. The molecule has 204 valence electrons. The van der Waals surface area contributed by atoms with Gasteiger partial charge in [0.2, 0.25) is 0 Å². The second-order valence-corrected chi connectivity index (χ2v) is 9.67. The molecule has 3 aromatic rings. The minimum absolute atomic E-state index is 0.0381. The van der Waals surface area contributed by atoms with Gasteiger partial charge < -0.3 is 15.2 Å². The summed E-state index contributed by atoms with van der Waals surface area (Å²) in [6.07, 6.45) is -8.76. The van der Waals surface area contributed by atoms with Crippen molar-refractivity contribution in [1.29, 1.82) is 0 Å². The van der Waals surface area contributed by atoms with Gasteiger partial charge in [0.05, 0.1) is 42.5 Å². The summed E-state index contributed by atoms with van der Waals surface area (Å²) in [7, 11) is 0. The third kappa shape index (κ3) is 5.02. The first-order chi connectivity index (χ1) is 18.0. The monoisotopic (exact) mass is 541 g/mol. The quantitative estimate of drug-likeness (QED) is 0.431. The van der Waals surface area contributed by atoms with Crippen LogP contribution in [-0.4, -0.2) is 44.1 Å². The minimum Gasteiger partial charge on any atom is -0.394 e. The van der Waals surface area contributed by atoms with Crippen LogP contribution >= 0.6 is 0 Å². The Balaban J connectivity index is 1.46. The maximum absolute atomic E-state index is 13.3. The van der Waals surface area contributed by atoms with E-state index in [0.29, 0.717) is 37.2 Å². The summed E-state index contributed by atoms with van der Waals surface area (Å²) in [5.74, 6) is 0.457. The fraction of sp³-hybridized carbons (Fsp3) is 0.480. The first-order valence-electron chi connectivity index (χ1n) is 12.1. The lowest BCUT2D eigenvalue weighted by Crippen LogP contribution is -2.54. The van der Waals surface area contributed by atoms with Crippen molar-refractivity contribution >= 4 is 0 Å². The lowest BCUT2D eigenvalue weighted by molar-refractivity contribution is -0.143. The summed E-state index contributed by atoms with van der Waals surface area (Å²) < 4.78 is 87.8. The number of tetrazole rings is 1. The van der Waals surface area contributed by atoms with Gasteiger partial charge in [-0.05, 0) is 59.0 Å². The first-order valence-corrected chi connectivity index (χ1v) is 12.1. The van der Waals surface area contributed by atoms with Gasteiger partial charge in [-0.25, -0.2) is 4.68 Å². The number of ether oxygens (including phenoxy) is 1. The second-order valence-electron chi connectivity index (χ2n) is 9.67. The molecule has 0 aliphatic carbocycles. The molecule has 0 saturated carbocycles. The maximum atomic E-state index is 13.3. The smallest absolute Gasteiger partial charge is 0.394 e. The van der Waals surface area contributed by atoms with Crippen LogP contribution in [-0.2, 0) is 35.8 Å². The molecule has 3 heterocycles. The number of benzene rings is 2. The molecule has 2 fully saturated rings. The zero-order chi connectivity index (χ0) is 27.1. The van der Waals surface area contributed by atoms with Crippen molar-refractivity contribution in [1.82, 2.24) is 25.5 Å². The number of rotatable bonds is 7. The fourth-order valence-electron chi connectivity index (χ4n) is 5.70. The van der Waals surface area contributed by atoms with Crippen molar-refractivity contribution in [2.75, 3.05) is 6.61 Å².